The number of amides is 3. The van der Waals surface area contributed by atoms with E-state index in [0.717, 1.165) is 84.9 Å². The van der Waals surface area contributed by atoms with Crippen LogP contribution in [-0.2, 0) is 41.8 Å². The van der Waals surface area contributed by atoms with Gasteiger partial charge in [-0.1, -0.05) is 50.2 Å². The normalized spacial score (nSPS) is 12.3. The first-order valence-corrected chi connectivity index (χ1v) is 21.3. The number of aliphatic carboxylic acids is 1. The molecule has 1 aromatic heterocycles. The number of carboxylic acid groups (broad SMARTS) is 2. The monoisotopic (exact) mass is 808 g/mol. The summed E-state index contributed by atoms with van der Waals surface area (Å²) in [6.45, 7) is 8.36. The largest absolute Gasteiger partial charge is 0.481 e. The number of aryl methyl sites for hydroxylation is 3. The topological polar surface area (TPSA) is 156 Å². The lowest BCUT2D eigenvalue weighted by Gasteiger charge is -2.33. The van der Waals surface area contributed by atoms with E-state index in [1.807, 2.05) is 61.5 Å². The molecule has 1 aliphatic rings. The van der Waals surface area contributed by atoms with E-state index in [0.29, 0.717) is 48.0 Å². The van der Waals surface area contributed by atoms with Crippen LogP contribution in [0.3, 0.4) is 0 Å². The van der Waals surface area contributed by atoms with Gasteiger partial charge >= 0.3 is 11.9 Å². The van der Waals surface area contributed by atoms with E-state index < -0.39 is 11.9 Å². The number of carbonyl (C=O) groups excluding carboxylic acids is 3. The fourth-order valence-electron chi connectivity index (χ4n) is 7.65. The first-order valence-electron chi connectivity index (χ1n) is 20.5. The molecule has 0 saturated heterocycles. The molecule has 4 aromatic rings. The van der Waals surface area contributed by atoms with E-state index in [4.69, 9.17) is 10.2 Å². The van der Waals surface area contributed by atoms with Gasteiger partial charge in [0.15, 0.2) is 0 Å². The minimum absolute atomic E-state index is 0.0207. The van der Waals surface area contributed by atoms with Crippen LogP contribution < -0.4 is 10.6 Å². The maximum Gasteiger partial charge on any atom is 0.335 e. The molecule has 0 unspecified atom stereocenters. The summed E-state index contributed by atoms with van der Waals surface area (Å²) in [5.74, 6) is -2.61. The molecular weight excluding hydrogens is 753 g/mol. The van der Waals surface area contributed by atoms with E-state index in [1.54, 1.807) is 23.1 Å². The molecule has 1 aliphatic carbocycles. The molecule has 0 spiro atoms. The van der Waals surface area contributed by atoms with E-state index in [-0.39, 0.29) is 42.2 Å². The summed E-state index contributed by atoms with van der Waals surface area (Å²) in [6.07, 6.45) is 7.88. The van der Waals surface area contributed by atoms with Crippen molar-refractivity contribution in [3.05, 3.63) is 117 Å². The van der Waals surface area contributed by atoms with E-state index >= 15 is 0 Å². The molecule has 0 aliphatic heterocycles. The number of benzene rings is 3. The first kappa shape index (κ1) is 43.8. The van der Waals surface area contributed by atoms with Crippen molar-refractivity contribution in [1.29, 1.82) is 0 Å². The lowest BCUT2D eigenvalue weighted by molar-refractivity contribution is -0.141. The van der Waals surface area contributed by atoms with Crippen molar-refractivity contribution in [3.8, 4) is 0 Å². The summed E-state index contributed by atoms with van der Waals surface area (Å²) in [4.78, 5) is 67.9. The van der Waals surface area contributed by atoms with Crippen LogP contribution in [0, 0.1) is 0 Å². The van der Waals surface area contributed by atoms with Crippen LogP contribution in [0.1, 0.15) is 124 Å². The van der Waals surface area contributed by atoms with Crippen molar-refractivity contribution in [1.82, 2.24) is 9.80 Å². The summed E-state index contributed by atoms with van der Waals surface area (Å²) >= 11 is 1.48. The molecule has 308 valence electrons. The number of hydrogen-bond donors (Lipinski definition) is 4. The number of anilines is 2. The second-order valence-corrected chi connectivity index (χ2v) is 16.0. The van der Waals surface area contributed by atoms with Gasteiger partial charge in [0, 0.05) is 54.8 Å². The standard InChI is InChI=1S/C46H56N4O7S/c1-4-37(5-2)50(28-27-49(6-3)40(51)25-26-41(52)53)30-33-13-10-14-35(29-33)43(54)48-45-42(38-15-7-8-16-39(38)58-45)44(55)47-36-23-19-32(20-24-36)12-9-11-31-17-21-34(22-18-31)46(56)57/h10,13-14,17-24,29,37H,4-9,11-12,15-16,25-28,30H2,1-3H3,(H,47,55)(H,48,54)(H,52,53)(H,56,57). The summed E-state index contributed by atoms with van der Waals surface area (Å²) in [6, 6.07) is 22.6. The van der Waals surface area contributed by atoms with Crippen molar-refractivity contribution in [3.63, 3.8) is 0 Å². The molecule has 0 bridgehead atoms. The Morgan fingerprint density at radius 2 is 1.41 bits per heavy atom. The van der Waals surface area contributed by atoms with Crippen LogP contribution in [0.4, 0.5) is 10.7 Å². The number of hydrogen-bond acceptors (Lipinski definition) is 7. The highest BCUT2D eigenvalue weighted by atomic mass is 32.1. The summed E-state index contributed by atoms with van der Waals surface area (Å²) in [5, 5.41) is 24.9. The predicted octanol–water partition coefficient (Wildman–Crippen LogP) is 8.71. The van der Waals surface area contributed by atoms with Crippen LogP contribution in [0.2, 0.25) is 0 Å². The van der Waals surface area contributed by atoms with Crippen molar-refractivity contribution in [2.24, 2.45) is 0 Å². The number of aromatic carboxylic acids is 1. The molecule has 0 atom stereocenters. The van der Waals surface area contributed by atoms with Gasteiger partial charge in [0.25, 0.3) is 11.8 Å². The molecule has 3 amide bonds. The Morgan fingerprint density at radius 1 is 0.741 bits per heavy atom. The van der Waals surface area contributed by atoms with Gasteiger partial charge < -0.3 is 25.7 Å². The highest BCUT2D eigenvalue weighted by Gasteiger charge is 2.27. The molecule has 5 rings (SSSR count). The Kier molecular flexibility index (Phi) is 16.2. The van der Waals surface area contributed by atoms with E-state index in [1.165, 1.54) is 11.3 Å². The van der Waals surface area contributed by atoms with Gasteiger partial charge in [-0.05, 0) is 123 Å². The molecular formula is C46H56N4O7S. The second kappa shape index (κ2) is 21.4. The lowest BCUT2D eigenvalue weighted by atomic mass is 9.95. The van der Waals surface area contributed by atoms with Crippen molar-refractivity contribution < 1.29 is 34.2 Å². The van der Waals surface area contributed by atoms with Crippen LogP contribution >= 0.6 is 11.3 Å². The van der Waals surface area contributed by atoms with Gasteiger partial charge in [0.05, 0.1) is 17.5 Å². The van der Waals surface area contributed by atoms with Crippen LogP contribution in [-0.4, -0.2) is 75.3 Å². The zero-order valence-electron chi connectivity index (χ0n) is 33.9. The fourth-order valence-corrected chi connectivity index (χ4v) is 8.93. The summed E-state index contributed by atoms with van der Waals surface area (Å²) < 4.78 is 0. The van der Waals surface area contributed by atoms with Gasteiger partial charge in [0.2, 0.25) is 5.91 Å². The van der Waals surface area contributed by atoms with Crippen LogP contribution in [0.15, 0.2) is 72.8 Å². The zero-order valence-corrected chi connectivity index (χ0v) is 34.7. The minimum Gasteiger partial charge on any atom is -0.481 e. The smallest absolute Gasteiger partial charge is 0.335 e. The molecule has 3 aromatic carbocycles. The maximum absolute atomic E-state index is 14.0. The molecule has 4 N–H and O–H groups in total. The third-order valence-corrected chi connectivity index (χ3v) is 12.2. The molecule has 58 heavy (non-hydrogen) atoms. The lowest BCUT2D eigenvalue weighted by Crippen LogP contribution is -2.42. The van der Waals surface area contributed by atoms with E-state index in [9.17, 15) is 24.0 Å². The number of thiophene rings is 1. The van der Waals surface area contributed by atoms with Gasteiger partial charge in [-0.2, -0.15) is 0 Å². The number of rotatable bonds is 21. The summed E-state index contributed by atoms with van der Waals surface area (Å²) in [5.41, 5.74) is 6.17. The Bertz CT molecular complexity index is 2040. The first-order chi connectivity index (χ1) is 28.0. The molecule has 12 heteroatoms. The van der Waals surface area contributed by atoms with Crippen molar-refractivity contribution in [2.75, 3.05) is 30.3 Å². The zero-order chi connectivity index (χ0) is 41.6. The quantitative estimate of drug-likeness (QED) is 0.0652. The summed E-state index contributed by atoms with van der Waals surface area (Å²) in [7, 11) is 0. The highest BCUT2D eigenvalue weighted by Crippen LogP contribution is 2.39. The number of likely N-dealkylation sites (N-methyl/N-ethyl adjacent to an activating group) is 1. The minimum atomic E-state index is -0.985. The third kappa shape index (κ3) is 12.1. The van der Waals surface area contributed by atoms with Gasteiger partial charge in [0.1, 0.15) is 5.00 Å². The van der Waals surface area contributed by atoms with Crippen LogP contribution in [0.5, 0.6) is 0 Å². The average molecular weight is 809 g/mol. The van der Waals surface area contributed by atoms with Gasteiger partial charge in [-0.25, -0.2) is 4.79 Å². The van der Waals surface area contributed by atoms with E-state index in [2.05, 4.69) is 29.4 Å². The number of fused-ring (bicyclic) bond motifs is 1. The van der Waals surface area contributed by atoms with Gasteiger partial charge in [-0.3, -0.25) is 24.1 Å². The number of carboxylic acids is 2. The highest BCUT2D eigenvalue weighted by molar-refractivity contribution is 7.17. The van der Waals surface area contributed by atoms with Crippen LogP contribution in [0.25, 0.3) is 0 Å². The molecule has 0 saturated carbocycles. The molecule has 0 radical (unpaired) electrons. The SMILES string of the molecule is CCC(CC)N(CCN(CC)C(=O)CCC(=O)O)Cc1cccc(C(=O)Nc2sc3c(c2C(=O)Nc2ccc(CCCc4ccc(C(=O)O)cc4)cc2)CCCC3)c1. The van der Waals surface area contributed by atoms with Crippen molar-refractivity contribution >= 4 is 51.7 Å². The second-order valence-electron chi connectivity index (χ2n) is 14.9. The van der Waals surface area contributed by atoms with Gasteiger partial charge in [-0.15, -0.1) is 11.3 Å². The molecule has 0 fully saturated rings. The average Bonchev–Trinajstić information content (AvgIpc) is 3.59. The third-order valence-electron chi connectivity index (χ3n) is 10.9. The Balaban J connectivity index is 1.24. The Labute approximate surface area is 345 Å². The Morgan fingerprint density at radius 3 is 2.05 bits per heavy atom. The fraction of sp³-hybridized carbons (Fsp3) is 0.413. The van der Waals surface area contributed by atoms with Crippen molar-refractivity contribution in [2.45, 2.75) is 104 Å². The Hall–Kier alpha value is -5.33. The number of nitrogens with zero attached hydrogens (tertiary/aromatic N) is 2. The maximum atomic E-state index is 14.0. The molecule has 1 heterocycles. The molecule has 11 nitrogen and oxygen atoms in total. The predicted molar refractivity (Wildman–Crippen MR) is 229 cm³/mol. The number of carbonyl (C=O) groups is 5. The number of nitrogens with one attached hydrogen (secondary N) is 2.